The quantitative estimate of drug-likeness (QED) is 0.386. The van der Waals surface area contributed by atoms with E-state index < -0.39 is 0 Å². The van der Waals surface area contributed by atoms with Crippen LogP contribution in [0.25, 0.3) is 0 Å². The second kappa shape index (κ2) is 9.44. The number of aryl methyl sites for hydroxylation is 1. The normalized spacial score (nSPS) is 22.8. The highest BCUT2D eigenvalue weighted by atomic mass is 16.2. The molecule has 2 aromatic rings. The third-order valence-corrected chi connectivity index (χ3v) is 6.73. The van der Waals surface area contributed by atoms with Crippen LogP contribution in [-0.4, -0.2) is 50.9 Å². The lowest BCUT2D eigenvalue weighted by Gasteiger charge is -2.35. The standard InChI is InChI=1S/C27H27N7O2/c1-3-24(35)33-14-7-5-8-21(33)25-22-17-29-13-15-34(22,28)26(32-25)20-11-10-19(16-18(20)2)27(36)31-23-9-4-6-12-30-23/h3-4,6,9-13,15-17,21H,1,5,7-8,14,28H2,2H3/p+1/t21-,34?/m0/s1. The van der Waals surface area contributed by atoms with Gasteiger partial charge in [-0.05, 0) is 68.2 Å². The van der Waals surface area contributed by atoms with Crippen LogP contribution in [0.3, 0.4) is 0 Å². The first-order chi connectivity index (χ1) is 17.4. The van der Waals surface area contributed by atoms with Gasteiger partial charge in [0.05, 0.1) is 24.0 Å². The number of allylic oxidation sites excluding steroid dienone is 1. The monoisotopic (exact) mass is 482 g/mol. The molecular formula is C27H28N7O2+. The van der Waals surface area contributed by atoms with Crippen LogP contribution < -0.4 is 11.2 Å². The van der Waals surface area contributed by atoms with Crippen molar-refractivity contribution < 1.29 is 14.2 Å². The van der Waals surface area contributed by atoms with Gasteiger partial charge in [0.2, 0.25) is 11.6 Å². The maximum atomic E-state index is 12.8. The highest BCUT2D eigenvalue weighted by Crippen LogP contribution is 2.37. The van der Waals surface area contributed by atoms with Crippen molar-refractivity contribution >= 4 is 29.7 Å². The van der Waals surface area contributed by atoms with E-state index in [9.17, 15) is 9.59 Å². The summed E-state index contributed by atoms with van der Waals surface area (Å²) in [6, 6.07) is 10.6. The Morgan fingerprint density at radius 1 is 1.25 bits per heavy atom. The number of benzene rings is 1. The van der Waals surface area contributed by atoms with Crippen LogP contribution in [-0.2, 0) is 4.79 Å². The van der Waals surface area contributed by atoms with Crippen molar-refractivity contribution in [2.24, 2.45) is 15.8 Å². The zero-order chi connectivity index (χ0) is 25.3. The molecule has 0 saturated carbocycles. The number of hydrogen-bond acceptors (Lipinski definition) is 6. The summed E-state index contributed by atoms with van der Waals surface area (Å²) in [5, 5.41) is 2.81. The van der Waals surface area contributed by atoms with Gasteiger partial charge in [-0.25, -0.2) is 4.98 Å². The molecule has 3 aliphatic heterocycles. The number of hydrogen-bond donors (Lipinski definition) is 2. The molecule has 0 spiro atoms. The first kappa shape index (κ1) is 23.5. The number of nitrogens with two attached hydrogens (primary N) is 1. The number of nitrogens with zero attached hydrogens (tertiary/aromatic N) is 5. The number of piperidine rings is 1. The Balaban J connectivity index is 1.50. The third-order valence-electron chi connectivity index (χ3n) is 6.73. The molecule has 1 unspecified atom stereocenters. The van der Waals surface area contributed by atoms with Crippen molar-refractivity contribution in [3.63, 3.8) is 0 Å². The lowest BCUT2D eigenvalue weighted by Crippen LogP contribution is -2.53. The number of anilines is 1. The van der Waals surface area contributed by atoms with Gasteiger partial charge in [0, 0.05) is 18.3 Å². The van der Waals surface area contributed by atoms with E-state index >= 15 is 0 Å². The number of quaternary nitrogens is 1. The van der Waals surface area contributed by atoms with Crippen molar-refractivity contribution in [3.8, 4) is 0 Å². The third kappa shape index (κ3) is 4.08. The Kier molecular flexibility index (Phi) is 6.17. The van der Waals surface area contributed by atoms with Gasteiger partial charge in [0.15, 0.2) is 0 Å². The summed E-state index contributed by atoms with van der Waals surface area (Å²) in [5.41, 5.74) is 3.65. The minimum Gasteiger partial charge on any atom is -0.330 e. The number of rotatable bonds is 5. The number of pyridine rings is 1. The number of carbonyl (C=O) groups is 2. The van der Waals surface area contributed by atoms with Gasteiger partial charge in [0.1, 0.15) is 17.7 Å². The fourth-order valence-electron chi connectivity index (χ4n) is 4.91. The van der Waals surface area contributed by atoms with Gasteiger partial charge in [-0.1, -0.05) is 12.6 Å². The molecule has 3 aliphatic rings. The summed E-state index contributed by atoms with van der Waals surface area (Å²) in [6.07, 6.45) is 10.8. The summed E-state index contributed by atoms with van der Waals surface area (Å²) >= 11 is 0. The van der Waals surface area contributed by atoms with Crippen molar-refractivity contribution in [2.75, 3.05) is 11.9 Å². The molecule has 9 nitrogen and oxygen atoms in total. The Morgan fingerprint density at radius 3 is 2.86 bits per heavy atom. The minimum atomic E-state index is -0.251. The van der Waals surface area contributed by atoms with Crippen LogP contribution in [0.4, 0.5) is 5.82 Å². The number of aliphatic imine (C=N–C) groups is 2. The van der Waals surface area contributed by atoms with E-state index in [1.165, 1.54) is 6.08 Å². The van der Waals surface area contributed by atoms with Crippen molar-refractivity contribution in [2.45, 2.75) is 32.2 Å². The zero-order valence-electron chi connectivity index (χ0n) is 20.1. The summed E-state index contributed by atoms with van der Waals surface area (Å²) in [5.74, 6) is 7.66. The van der Waals surface area contributed by atoms with E-state index in [1.54, 1.807) is 43.0 Å². The lowest BCUT2D eigenvalue weighted by atomic mass is 9.98. The predicted octanol–water partition coefficient (Wildman–Crippen LogP) is 3.43. The number of likely N-dealkylation sites (tertiary alicyclic amines) is 1. The summed E-state index contributed by atoms with van der Waals surface area (Å²) in [4.78, 5) is 40.7. The average Bonchev–Trinajstić information content (AvgIpc) is 3.21. The van der Waals surface area contributed by atoms with Gasteiger partial charge in [-0.3, -0.25) is 14.6 Å². The smallest absolute Gasteiger partial charge is 0.265 e. The Morgan fingerprint density at radius 2 is 2.11 bits per heavy atom. The Labute approximate surface area is 209 Å². The van der Waals surface area contributed by atoms with Gasteiger partial charge < -0.3 is 10.2 Å². The fraction of sp³-hybridized carbons (Fsp3) is 0.222. The SMILES string of the molecule is C=CC(=O)N1CCCC[C@H]1C1=C2C=NC=C[N+]2(N)C(c2ccc(C(=O)Nc3ccccn3)cc2C)=N1. The Bertz CT molecular complexity index is 1360. The molecule has 5 rings (SSSR count). The predicted molar refractivity (Wildman–Crippen MR) is 139 cm³/mol. The molecule has 36 heavy (non-hydrogen) atoms. The maximum absolute atomic E-state index is 12.8. The molecule has 1 aromatic carbocycles. The van der Waals surface area contributed by atoms with E-state index in [-0.39, 0.29) is 22.4 Å². The summed E-state index contributed by atoms with van der Waals surface area (Å²) in [7, 11) is 0. The van der Waals surface area contributed by atoms with Crippen LogP contribution >= 0.6 is 0 Å². The lowest BCUT2D eigenvalue weighted by molar-refractivity contribution is -0.750. The second-order valence-corrected chi connectivity index (χ2v) is 9.01. The number of aromatic nitrogens is 1. The molecule has 182 valence electrons. The van der Waals surface area contributed by atoms with Crippen LogP contribution in [0.2, 0.25) is 0 Å². The number of fused-ring (bicyclic) bond motifs is 1. The van der Waals surface area contributed by atoms with E-state index in [1.807, 2.05) is 30.0 Å². The van der Waals surface area contributed by atoms with Gasteiger partial charge in [-0.2, -0.15) is 10.8 Å². The highest BCUT2D eigenvalue weighted by Gasteiger charge is 2.47. The molecule has 2 atom stereocenters. The second-order valence-electron chi connectivity index (χ2n) is 9.01. The Hall–Kier alpha value is -4.21. The molecule has 0 bridgehead atoms. The highest BCUT2D eigenvalue weighted by molar-refractivity contribution is 6.06. The van der Waals surface area contributed by atoms with Crippen LogP contribution in [0, 0.1) is 6.92 Å². The number of carbonyl (C=O) groups excluding carboxylic acids is 2. The number of amidine groups is 1. The zero-order valence-corrected chi connectivity index (χ0v) is 20.1. The number of amides is 2. The van der Waals surface area contributed by atoms with Crippen molar-refractivity contribution in [1.82, 2.24) is 9.88 Å². The van der Waals surface area contributed by atoms with Crippen molar-refractivity contribution in [3.05, 3.63) is 95.7 Å². The number of nitrogens with one attached hydrogen (secondary N) is 1. The van der Waals surface area contributed by atoms with Crippen molar-refractivity contribution in [1.29, 1.82) is 0 Å². The summed E-state index contributed by atoms with van der Waals surface area (Å²) in [6.45, 7) is 6.24. The van der Waals surface area contributed by atoms with E-state index in [4.69, 9.17) is 10.8 Å². The maximum Gasteiger partial charge on any atom is 0.265 e. The molecule has 0 aliphatic carbocycles. The fourth-order valence-corrected chi connectivity index (χ4v) is 4.91. The minimum absolute atomic E-state index is 0.116. The van der Waals surface area contributed by atoms with E-state index in [2.05, 4.69) is 21.9 Å². The molecule has 9 heteroatoms. The van der Waals surface area contributed by atoms with Crippen LogP contribution in [0.5, 0.6) is 0 Å². The van der Waals surface area contributed by atoms with Gasteiger partial charge >= 0.3 is 0 Å². The molecule has 0 radical (unpaired) electrons. The molecule has 1 aromatic heterocycles. The molecule has 3 N–H and O–H groups in total. The topological polar surface area (TPSA) is 113 Å². The summed E-state index contributed by atoms with van der Waals surface area (Å²) < 4.78 is -0.147. The first-order valence-corrected chi connectivity index (χ1v) is 11.9. The van der Waals surface area contributed by atoms with Crippen LogP contribution in [0.15, 0.2) is 89.0 Å². The molecule has 1 fully saturated rings. The average molecular weight is 483 g/mol. The molecule has 1 saturated heterocycles. The largest absolute Gasteiger partial charge is 0.330 e. The molecule has 2 amide bonds. The van der Waals surface area contributed by atoms with E-state index in [0.29, 0.717) is 23.8 Å². The van der Waals surface area contributed by atoms with Gasteiger partial charge in [0.25, 0.3) is 11.7 Å². The van der Waals surface area contributed by atoms with E-state index in [0.717, 1.165) is 41.8 Å². The molecular weight excluding hydrogens is 454 g/mol. The van der Waals surface area contributed by atoms with Gasteiger partial charge in [-0.15, -0.1) is 4.59 Å². The van der Waals surface area contributed by atoms with Crippen LogP contribution in [0.1, 0.15) is 40.7 Å². The molecule has 4 heterocycles. The first-order valence-electron chi connectivity index (χ1n) is 11.9.